The number of ketones is 1. The molecular weight excluding hydrogens is 406 g/mol. The zero-order valence-corrected chi connectivity index (χ0v) is 16.3. The average molecular weight is 422 g/mol. The second-order valence-electron chi connectivity index (χ2n) is 5.22. The van der Waals surface area contributed by atoms with Crippen molar-refractivity contribution >= 4 is 44.8 Å². The van der Waals surface area contributed by atoms with Crippen LogP contribution in [0.25, 0.3) is 10.7 Å². The van der Waals surface area contributed by atoms with Gasteiger partial charge < -0.3 is 4.57 Å². The number of benzene rings is 1. The Balaban J connectivity index is 1.50. The first kappa shape index (κ1) is 17.4. The van der Waals surface area contributed by atoms with Gasteiger partial charge in [-0.3, -0.25) is 4.79 Å². The van der Waals surface area contributed by atoms with E-state index in [-0.39, 0.29) is 5.78 Å². The summed E-state index contributed by atoms with van der Waals surface area (Å²) in [6.45, 7) is 0. The number of thiophene rings is 1. The predicted octanol–water partition coefficient (Wildman–Crippen LogP) is 5.06. The first-order valence-electron chi connectivity index (χ1n) is 7.50. The monoisotopic (exact) mass is 421 g/mol. The van der Waals surface area contributed by atoms with Gasteiger partial charge in [-0.1, -0.05) is 45.9 Å². The summed E-state index contributed by atoms with van der Waals surface area (Å²) in [6, 6.07) is 11.6. The average Bonchev–Trinajstić information content (AvgIpc) is 3.22. The first-order valence-corrected chi connectivity index (χ1v) is 10.2. The molecule has 1 aromatic carbocycles. The van der Waals surface area contributed by atoms with E-state index in [4.69, 9.17) is 0 Å². The Morgan fingerprint density at radius 1 is 1.25 bits per heavy atom. The van der Waals surface area contributed by atoms with E-state index >= 15 is 0 Å². The molecule has 7 heteroatoms. The highest BCUT2D eigenvalue weighted by Crippen LogP contribution is 2.26. The SMILES string of the molecule is Cn1c(SCCCC(=O)c2ccc(Br)cc2)nnc1-c1cccs1. The van der Waals surface area contributed by atoms with Crippen LogP contribution in [-0.4, -0.2) is 26.3 Å². The van der Waals surface area contributed by atoms with Crippen molar-refractivity contribution in [1.82, 2.24) is 14.8 Å². The van der Waals surface area contributed by atoms with Gasteiger partial charge in [0, 0.05) is 29.3 Å². The molecule has 0 saturated heterocycles. The summed E-state index contributed by atoms with van der Waals surface area (Å²) < 4.78 is 2.99. The fraction of sp³-hybridized carbons (Fsp3) is 0.235. The van der Waals surface area contributed by atoms with Crippen molar-refractivity contribution in [3.63, 3.8) is 0 Å². The Bertz CT molecular complexity index is 813. The van der Waals surface area contributed by atoms with Gasteiger partial charge in [0.15, 0.2) is 16.8 Å². The molecule has 0 aliphatic rings. The van der Waals surface area contributed by atoms with Gasteiger partial charge in [0.25, 0.3) is 0 Å². The van der Waals surface area contributed by atoms with E-state index in [0.717, 1.165) is 38.1 Å². The number of halogens is 1. The highest BCUT2D eigenvalue weighted by molar-refractivity contribution is 9.10. The third kappa shape index (κ3) is 4.15. The van der Waals surface area contributed by atoms with Gasteiger partial charge >= 0.3 is 0 Å². The summed E-state index contributed by atoms with van der Waals surface area (Å²) in [5.74, 6) is 1.91. The van der Waals surface area contributed by atoms with Crippen LogP contribution in [0, 0.1) is 0 Å². The Labute approximate surface area is 157 Å². The zero-order chi connectivity index (χ0) is 16.9. The maximum atomic E-state index is 12.1. The third-order valence-corrected chi connectivity index (χ3v) is 6.02. The van der Waals surface area contributed by atoms with Crippen molar-refractivity contribution < 1.29 is 4.79 Å². The Morgan fingerprint density at radius 3 is 2.75 bits per heavy atom. The lowest BCUT2D eigenvalue weighted by Crippen LogP contribution is -2.00. The molecule has 4 nitrogen and oxygen atoms in total. The number of carbonyl (C=O) groups excluding carboxylic acids is 1. The molecule has 0 unspecified atom stereocenters. The molecule has 2 heterocycles. The van der Waals surface area contributed by atoms with Crippen LogP contribution < -0.4 is 0 Å². The van der Waals surface area contributed by atoms with Gasteiger partial charge in [0.05, 0.1) is 4.88 Å². The highest BCUT2D eigenvalue weighted by Gasteiger charge is 2.12. The minimum atomic E-state index is 0.181. The Morgan fingerprint density at radius 2 is 2.04 bits per heavy atom. The Hall–Kier alpha value is -1.44. The number of thioether (sulfide) groups is 1. The summed E-state index contributed by atoms with van der Waals surface area (Å²) in [6.07, 6.45) is 1.37. The molecule has 0 amide bonds. The van der Waals surface area contributed by atoms with Crippen LogP contribution in [0.4, 0.5) is 0 Å². The van der Waals surface area contributed by atoms with E-state index in [9.17, 15) is 4.79 Å². The van der Waals surface area contributed by atoms with E-state index in [1.807, 2.05) is 53.4 Å². The molecule has 2 aromatic heterocycles. The van der Waals surface area contributed by atoms with Crippen LogP contribution in [0.1, 0.15) is 23.2 Å². The van der Waals surface area contributed by atoms with Gasteiger partial charge in [-0.2, -0.15) is 0 Å². The lowest BCUT2D eigenvalue weighted by atomic mass is 10.1. The molecular formula is C17H16BrN3OS2. The molecule has 3 aromatic rings. The number of aromatic nitrogens is 3. The van der Waals surface area contributed by atoms with Gasteiger partial charge in [0.2, 0.25) is 0 Å². The Kier molecular flexibility index (Phi) is 5.86. The van der Waals surface area contributed by atoms with E-state index in [0.29, 0.717) is 6.42 Å². The second kappa shape index (κ2) is 8.09. The molecule has 0 N–H and O–H groups in total. The van der Waals surface area contributed by atoms with E-state index in [2.05, 4.69) is 26.1 Å². The summed E-state index contributed by atoms with van der Waals surface area (Å²) >= 11 is 6.67. The van der Waals surface area contributed by atoms with Crippen molar-refractivity contribution in [1.29, 1.82) is 0 Å². The van der Waals surface area contributed by atoms with Crippen LogP contribution in [0.15, 0.2) is 51.4 Å². The zero-order valence-electron chi connectivity index (χ0n) is 13.1. The van der Waals surface area contributed by atoms with Crippen LogP contribution in [0.5, 0.6) is 0 Å². The standard InChI is InChI=1S/C17H16BrN3OS2/c1-21-16(15-5-3-10-23-15)19-20-17(21)24-11-2-4-14(22)12-6-8-13(18)9-7-12/h3,5-10H,2,4,11H2,1H3. The number of carbonyl (C=O) groups is 1. The quantitative estimate of drug-likeness (QED) is 0.303. The van der Waals surface area contributed by atoms with Gasteiger partial charge in [-0.25, -0.2) is 0 Å². The largest absolute Gasteiger partial charge is 0.305 e. The van der Waals surface area contributed by atoms with Crippen LogP contribution in [0.2, 0.25) is 0 Å². The fourth-order valence-electron chi connectivity index (χ4n) is 2.24. The molecule has 24 heavy (non-hydrogen) atoms. The maximum absolute atomic E-state index is 12.1. The van der Waals surface area contributed by atoms with Gasteiger partial charge in [0.1, 0.15) is 0 Å². The number of Topliss-reactive ketones (excluding diaryl/α,β-unsaturated/α-hetero) is 1. The fourth-order valence-corrected chi connectivity index (χ4v) is 4.10. The molecule has 124 valence electrons. The third-order valence-electron chi connectivity index (χ3n) is 3.52. The van der Waals surface area contributed by atoms with Gasteiger partial charge in [-0.05, 0) is 30.0 Å². The molecule has 0 spiro atoms. The van der Waals surface area contributed by atoms with E-state index < -0.39 is 0 Å². The van der Waals surface area contributed by atoms with Gasteiger partial charge in [-0.15, -0.1) is 21.5 Å². The summed E-state index contributed by atoms with van der Waals surface area (Å²) in [4.78, 5) is 13.3. The minimum absolute atomic E-state index is 0.181. The van der Waals surface area contributed by atoms with Crippen LogP contribution in [0.3, 0.4) is 0 Å². The van der Waals surface area contributed by atoms with E-state index in [1.165, 1.54) is 0 Å². The van der Waals surface area contributed by atoms with Crippen molar-refractivity contribution in [3.05, 3.63) is 51.8 Å². The summed E-state index contributed by atoms with van der Waals surface area (Å²) in [5.41, 5.74) is 0.766. The van der Waals surface area contributed by atoms with Crippen molar-refractivity contribution in [2.75, 3.05) is 5.75 Å². The second-order valence-corrected chi connectivity index (χ2v) is 8.15. The first-order chi connectivity index (χ1) is 11.6. The molecule has 0 saturated carbocycles. The molecule has 3 rings (SSSR count). The number of rotatable bonds is 7. The molecule has 0 aliphatic heterocycles. The smallest absolute Gasteiger partial charge is 0.191 e. The van der Waals surface area contributed by atoms with Crippen LogP contribution >= 0.6 is 39.0 Å². The molecule has 0 aliphatic carbocycles. The number of hydrogen-bond donors (Lipinski definition) is 0. The number of nitrogens with zero attached hydrogens (tertiary/aromatic N) is 3. The lowest BCUT2D eigenvalue weighted by molar-refractivity contribution is 0.0982. The summed E-state index contributed by atoms with van der Waals surface area (Å²) in [7, 11) is 1.98. The molecule has 0 bridgehead atoms. The minimum Gasteiger partial charge on any atom is -0.305 e. The topological polar surface area (TPSA) is 47.8 Å². The van der Waals surface area contributed by atoms with Crippen molar-refractivity contribution in [2.24, 2.45) is 7.05 Å². The predicted molar refractivity (Wildman–Crippen MR) is 103 cm³/mol. The molecule has 0 radical (unpaired) electrons. The normalized spacial score (nSPS) is 10.9. The van der Waals surface area contributed by atoms with Crippen molar-refractivity contribution in [2.45, 2.75) is 18.0 Å². The lowest BCUT2D eigenvalue weighted by Gasteiger charge is -2.03. The van der Waals surface area contributed by atoms with E-state index in [1.54, 1.807) is 23.1 Å². The van der Waals surface area contributed by atoms with Crippen LogP contribution in [-0.2, 0) is 7.05 Å². The maximum Gasteiger partial charge on any atom is 0.191 e. The summed E-state index contributed by atoms with van der Waals surface area (Å²) in [5, 5.41) is 11.4. The molecule has 0 atom stereocenters. The van der Waals surface area contributed by atoms with Crippen molar-refractivity contribution in [3.8, 4) is 10.7 Å². The highest BCUT2D eigenvalue weighted by atomic mass is 79.9. The number of hydrogen-bond acceptors (Lipinski definition) is 5. The molecule has 0 fully saturated rings.